The second-order valence-corrected chi connectivity index (χ2v) is 4.44. The second kappa shape index (κ2) is 4.68. The van der Waals surface area contributed by atoms with E-state index < -0.39 is 6.10 Å². The maximum absolute atomic E-state index is 10.4. The van der Waals surface area contributed by atoms with E-state index in [-0.39, 0.29) is 0 Å². The van der Waals surface area contributed by atoms with Crippen LogP contribution in [0.3, 0.4) is 0 Å². The van der Waals surface area contributed by atoms with Crippen molar-refractivity contribution in [3.8, 4) is 0 Å². The molecule has 0 aliphatic carbocycles. The Balaban J connectivity index is 2.43. The predicted octanol–water partition coefficient (Wildman–Crippen LogP) is 3.09. The fraction of sp³-hybridized carbons (Fsp3) is 0.267. The van der Waals surface area contributed by atoms with E-state index in [4.69, 9.17) is 0 Å². The molecule has 1 N–H and O–H groups in total. The van der Waals surface area contributed by atoms with Gasteiger partial charge in [0.2, 0.25) is 0 Å². The fourth-order valence-corrected chi connectivity index (χ4v) is 2.07. The van der Waals surface area contributed by atoms with E-state index in [9.17, 15) is 5.11 Å². The van der Waals surface area contributed by atoms with Crippen molar-refractivity contribution in [2.24, 2.45) is 0 Å². The van der Waals surface area contributed by atoms with Gasteiger partial charge in [0.15, 0.2) is 0 Å². The van der Waals surface area contributed by atoms with Crippen molar-refractivity contribution < 1.29 is 5.11 Å². The summed E-state index contributed by atoms with van der Waals surface area (Å²) in [6.45, 7) is 5.98. The first-order chi connectivity index (χ1) is 8.09. The molecular formula is C15H17NO. The molecule has 0 aliphatic heterocycles. The van der Waals surface area contributed by atoms with E-state index in [1.165, 1.54) is 0 Å². The Morgan fingerprint density at radius 2 is 1.65 bits per heavy atom. The van der Waals surface area contributed by atoms with Crippen molar-refractivity contribution in [3.63, 3.8) is 0 Å². The fourth-order valence-electron chi connectivity index (χ4n) is 2.07. The van der Waals surface area contributed by atoms with Gasteiger partial charge in [0, 0.05) is 17.5 Å². The highest BCUT2D eigenvalue weighted by Gasteiger charge is 2.15. The zero-order valence-electron chi connectivity index (χ0n) is 10.4. The third-order valence-corrected chi connectivity index (χ3v) is 3.07. The number of benzene rings is 1. The van der Waals surface area contributed by atoms with Crippen molar-refractivity contribution in [3.05, 3.63) is 64.5 Å². The predicted molar refractivity (Wildman–Crippen MR) is 69.0 cm³/mol. The summed E-state index contributed by atoms with van der Waals surface area (Å²) in [7, 11) is 0. The molecule has 0 saturated heterocycles. The molecule has 0 aliphatic rings. The molecule has 1 aromatic heterocycles. The number of hydrogen-bond acceptors (Lipinski definition) is 2. The number of aliphatic hydroxyl groups is 1. The van der Waals surface area contributed by atoms with Crippen molar-refractivity contribution in [2.75, 3.05) is 0 Å². The molecule has 0 saturated carbocycles. The molecule has 2 nitrogen and oxygen atoms in total. The Kier molecular flexibility index (Phi) is 3.25. The first kappa shape index (κ1) is 11.8. The third kappa shape index (κ3) is 2.37. The number of nitrogens with zero attached hydrogens (tertiary/aromatic N) is 1. The van der Waals surface area contributed by atoms with Gasteiger partial charge in [-0.3, -0.25) is 4.98 Å². The summed E-state index contributed by atoms with van der Waals surface area (Å²) in [5.74, 6) is 0. The average Bonchev–Trinajstić information content (AvgIpc) is 2.29. The van der Waals surface area contributed by atoms with E-state index in [0.717, 1.165) is 27.9 Å². The van der Waals surface area contributed by atoms with Gasteiger partial charge in [-0.05, 0) is 43.5 Å². The lowest BCUT2D eigenvalue weighted by molar-refractivity contribution is 0.218. The molecule has 2 rings (SSSR count). The quantitative estimate of drug-likeness (QED) is 0.855. The molecule has 1 atom stereocenters. The lowest BCUT2D eigenvalue weighted by Gasteiger charge is -2.16. The van der Waals surface area contributed by atoms with Gasteiger partial charge in [-0.1, -0.05) is 24.3 Å². The summed E-state index contributed by atoms with van der Waals surface area (Å²) in [5.41, 5.74) is 5.00. The maximum atomic E-state index is 10.4. The van der Waals surface area contributed by atoms with Gasteiger partial charge in [0.25, 0.3) is 0 Å². The molecular weight excluding hydrogens is 210 g/mol. The van der Waals surface area contributed by atoms with Crippen LogP contribution in [0.25, 0.3) is 0 Å². The number of rotatable bonds is 2. The first-order valence-electron chi connectivity index (χ1n) is 5.76. The molecule has 0 spiro atoms. The zero-order chi connectivity index (χ0) is 12.4. The Morgan fingerprint density at radius 3 is 2.18 bits per heavy atom. The third-order valence-electron chi connectivity index (χ3n) is 3.07. The molecule has 0 bridgehead atoms. The van der Waals surface area contributed by atoms with Crippen LogP contribution in [0, 0.1) is 20.8 Å². The van der Waals surface area contributed by atoms with Gasteiger partial charge in [0.1, 0.15) is 6.10 Å². The SMILES string of the molecule is Cc1ccc(C(O)c2c(C)cccc2C)cn1. The van der Waals surface area contributed by atoms with Crippen LogP contribution in [0.15, 0.2) is 36.5 Å². The van der Waals surface area contributed by atoms with Crippen molar-refractivity contribution in [1.82, 2.24) is 4.98 Å². The number of aryl methyl sites for hydroxylation is 3. The molecule has 1 heterocycles. The minimum atomic E-state index is -0.593. The molecule has 1 unspecified atom stereocenters. The van der Waals surface area contributed by atoms with Crippen molar-refractivity contribution in [2.45, 2.75) is 26.9 Å². The van der Waals surface area contributed by atoms with E-state index in [1.54, 1.807) is 6.20 Å². The largest absolute Gasteiger partial charge is 0.384 e. The molecule has 2 heteroatoms. The van der Waals surface area contributed by atoms with Gasteiger partial charge in [-0.2, -0.15) is 0 Å². The van der Waals surface area contributed by atoms with Crippen LogP contribution in [-0.4, -0.2) is 10.1 Å². The van der Waals surface area contributed by atoms with E-state index in [2.05, 4.69) is 4.98 Å². The normalized spacial score (nSPS) is 12.5. The highest BCUT2D eigenvalue weighted by atomic mass is 16.3. The zero-order valence-corrected chi connectivity index (χ0v) is 10.4. The van der Waals surface area contributed by atoms with Crippen LogP contribution in [-0.2, 0) is 0 Å². The molecule has 17 heavy (non-hydrogen) atoms. The van der Waals surface area contributed by atoms with Crippen molar-refractivity contribution >= 4 is 0 Å². The van der Waals surface area contributed by atoms with E-state index in [0.29, 0.717) is 0 Å². The molecule has 0 radical (unpaired) electrons. The lowest BCUT2D eigenvalue weighted by atomic mass is 9.94. The average molecular weight is 227 g/mol. The van der Waals surface area contributed by atoms with E-state index in [1.807, 2.05) is 51.1 Å². The summed E-state index contributed by atoms with van der Waals surface area (Å²) in [6.07, 6.45) is 1.15. The lowest BCUT2D eigenvalue weighted by Crippen LogP contribution is -2.05. The minimum absolute atomic E-state index is 0.593. The molecule has 88 valence electrons. The minimum Gasteiger partial charge on any atom is -0.384 e. The molecule has 0 amide bonds. The smallest absolute Gasteiger partial charge is 0.106 e. The first-order valence-corrected chi connectivity index (χ1v) is 5.76. The number of aromatic nitrogens is 1. The Morgan fingerprint density at radius 1 is 1.00 bits per heavy atom. The van der Waals surface area contributed by atoms with Gasteiger partial charge >= 0.3 is 0 Å². The summed E-state index contributed by atoms with van der Waals surface area (Å²) in [5, 5.41) is 10.4. The summed E-state index contributed by atoms with van der Waals surface area (Å²) < 4.78 is 0. The number of hydrogen-bond donors (Lipinski definition) is 1. The van der Waals surface area contributed by atoms with Crippen LogP contribution in [0.5, 0.6) is 0 Å². The summed E-state index contributed by atoms with van der Waals surface area (Å²) in [4.78, 5) is 4.23. The van der Waals surface area contributed by atoms with Gasteiger partial charge in [0.05, 0.1) is 0 Å². The highest BCUT2D eigenvalue weighted by Crippen LogP contribution is 2.27. The van der Waals surface area contributed by atoms with Gasteiger partial charge in [-0.25, -0.2) is 0 Å². The van der Waals surface area contributed by atoms with Crippen molar-refractivity contribution in [1.29, 1.82) is 0 Å². The van der Waals surface area contributed by atoms with Gasteiger partial charge in [-0.15, -0.1) is 0 Å². The molecule has 1 aromatic carbocycles. The number of pyridine rings is 1. The standard InChI is InChI=1S/C15H17NO/c1-10-5-4-6-11(2)14(10)15(17)13-8-7-12(3)16-9-13/h4-9,15,17H,1-3H3. The van der Waals surface area contributed by atoms with Crippen LogP contribution < -0.4 is 0 Å². The Hall–Kier alpha value is -1.67. The number of aliphatic hydroxyl groups excluding tert-OH is 1. The van der Waals surface area contributed by atoms with Crippen LogP contribution in [0.4, 0.5) is 0 Å². The Bertz CT molecular complexity index is 497. The summed E-state index contributed by atoms with van der Waals surface area (Å²) >= 11 is 0. The maximum Gasteiger partial charge on any atom is 0.106 e. The molecule has 2 aromatic rings. The summed E-state index contributed by atoms with van der Waals surface area (Å²) in [6, 6.07) is 9.90. The van der Waals surface area contributed by atoms with Crippen LogP contribution >= 0.6 is 0 Å². The topological polar surface area (TPSA) is 33.1 Å². The van der Waals surface area contributed by atoms with Crippen LogP contribution in [0.1, 0.15) is 34.1 Å². The second-order valence-electron chi connectivity index (χ2n) is 4.44. The van der Waals surface area contributed by atoms with Gasteiger partial charge < -0.3 is 5.11 Å². The Labute approximate surface area is 102 Å². The van der Waals surface area contributed by atoms with Crippen LogP contribution in [0.2, 0.25) is 0 Å². The van der Waals surface area contributed by atoms with E-state index >= 15 is 0 Å². The highest BCUT2D eigenvalue weighted by molar-refractivity contribution is 5.40. The molecule has 0 fully saturated rings. The monoisotopic (exact) mass is 227 g/mol.